The highest BCUT2D eigenvalue weighted by Gasteiger charge is 2.42. The number of carboxylic acids is 1. The normalized spacial score (nSPS) is 22.3. The summed E-state index contributed by atoms with van der Waals surface area (Å²) in [6, 6.07) is 3.65. The minimum absolute atomic E-state index is 0.0294. The van der Waals surface area contributed by atoms with Crippen LogP contribution in [0.2, 0.25) is 0 Å². The van der Waals surface area contributed by atoms with Gasteiger partial charge in [0.15, 0.2) is 11.5 Å². The SMILES string of the molecule is CC(C)(C)C(=O)OCS[C@@H](Cc1ccc2c(c1)OCO2)C(=O)NC1CCCN2CCC[C@@H](C(=O)O)N2C1=O. The van der Waals surface area contributed by atoms with Gasteiger partial charge in [0.2, 0.25) is 12.7 Å². The zero-order valence-corrected chi connectivity index (χ0v) is 22.8. The highest BCUT2D eigenvalue weighted by Crippen LogP contribution is 2.34. The number of aliphatic carboxylic acids is 1. The Morgan fingerprint density at radius 1 is 1.16 bits per heavy atom. The zero-order chi connectivity index (χ0) is 27.4. The van der Waals surface area contributed by atoms with Crippen LogP contribution in [0.25, 0.3) is 0 Å². The summed E-state index contributed by atoms with van der Waals surface area (Å²) in [6.45, 7) is 6.56. The first kappa shape index (κ1) is 28.0. The summed E-state index contributed by atoms with van der Waals surface area (Å²) in [5, 5.41) is 15.0. The summed E-state index contributed by atoms with van der Waals surface area (Å²) in [5.74, 6) is -1.02. The Bertz CT molecular complexity index is 1080. The molecule has 4 rings (SSSR count). The third-order valence-corrected chi connectivity index (χ3v) is 7.79. The number of carboxylic acid groups (broad SMARTS) is 1. The van der Waals surface area contributed by atoms with Crippen LogP contribution in [0.1, 0.15) is 52.0 Å². The van der Waals surface area contributed by atoms with E-state index in [4.69, 9.17) is 14.2 Å². The number of hydrazine groups is 1. The average molecular weight is 550 g/mol. The van der Waals surface area contributed by atoms with Crippen molar-refractivity contribution in [2.45, 2.75) is 70.2 Å². The molecule has 3 aliphatic rings. The molecule has 0 bridgehead atoms. The van der Waals surface area contributed by atoms with Crippen molar-refractivity contribution in [2.75, 3.05) is 25.8 Å². The van der Waals surface area contributed by atoms with Crippen molar-refractivity contribution >= 4 is 35.5 Å². The number of rotatable bonds is 8. The van der Waals surface area contributed by atoms with Gasteiger partial charge in [0.05, 0.1) is 10.7 Å². The summed E-state index contributed by atoms with van der Waals surface area (Å²) in [4.78, 5) is 51.1. The van der Waals surface area contributed by atoms with Crippen LogP contribution in [-0.4, -0.2) is 82.0 Å². The molecule has 2 saturated heterocycles. The number of thioether (sulfide) groups is 1. The van der Waals surface area contributed by atoms with E-state index >= 15 is 0 Å². The van der Waals surface area contributed by atoms with Crippen molar-refractivity contribution in [3.8, 4) is 11.5 Å². The smallest absolute Gasteiger partial charge is 0.328 e. The number of hydrogen-bond donors (Lipinski definition) is 2. The van der Waals surface area contributed by atoms with Crippen LogP contribution in [0.15, 0.2) is 18.2 Å². The van der Waals surface area contributed by atoms with E-state index in [9.17, 15) is 24.3 Å². The number of nitrogens with zero attached hydrogens (tertiary/aromatic N) is 2. The second kappa shape index (κ2) is 11.8. The third-order valence-electron chi connectivity index (χ3n) is 6.75. The highest BCUT2D eigenvalue weighted by molar-refractivity contribution is 8.00. The second-order valence-corrected chi connectivity index (χ2v) is 11.8. The maximum absolute atomic E-state index is 13.5. The molecular formula is C26H35N3O8S. The molecule has 3 aliphatic heterocycles. The Morgan fingerprint density at radius 3 is 2.58 bits per heavy atom. The largest absolute Gasteiger partial charge is 0.480 e. The van der Waals surface area contributed by atoms with Gasteiger partial charge in [-0.25, -0.2) is 9.80 Å². The fourth-order valence-corrected chi connectivity index (χ4v) is 5.56. The molecule has 0 aliphatic carbocycles. The fourth-order valence-electron chi connectivity index (χ4n) is 4.69. The van der Waals surface area contributed by atoms with Gasteiger partial charge in [-0.15, -0.1) is 11.8 Å². The van der Waals surface area contributed by atoms with Gasteiger partial charge in [-0.05, 0) is 70.6 Å². The van der Waals surface area contributed by atoms with E-state index in [0.717, 1.165) is 5.56 Å². The maximum atomic E-state index is 13.5. The van der Waals surface area contributed by atoms with E-state index in [1.54, 1.807) is 31.8 Å². The minimum atomic E-state index is -1.05. The number of nitrogens with one attached hydrogen (secondary N) is 1. The first-order valence-corrected chi connectivity index (χ1v) is 13.9. The topological polar surface area (TPSA) is 135 Å². The number of hydrogen-bond acceptors (Lipinski definition) is 9. The van der Waals surface area contributed by atoms with E-state index < -0.39 is 34.6 Å². The van der Waals surface area contributed by atoms with Crippen molar-refractivity contribution in [3.05, 3.63) is 23.8 Å². The summed E-state index contributed by atoms with van der Waals surface area (Å²) >= 11 is 1.17. The molecule has 0 saturated carbocycles. The van der Waals surface area contributed by atoms with Gasteiger partial charge in [-0.2, -0.15) is 0 Å². The number of esters is 1. The number of benzene rings is 1. The monoisotopic (exact) mass is 549 g/mol. The molecule has 1 aromatic rings. The molecule has 2 N–H and O–H groups in total. The van der Waals surface area contributed by atoms with Crippen LogP contribution >= 0.6 is 11.8 Å². The Kier molecular flexibility index (Phi) is 8.71. The number of ether oxygens (including phenoxy) is 3. The quantitative estimate of drug-likeness (QED) is 0.367. The minimum Gasteiger partial charge on any atom is -0.480 e. The number of fused-ring (bicyclic) bond motifs is 2. The lowest BCUT2D eigenvalue weighted by molar-refractivity contribution is -0.174. The molecule has 0 radical (unpaired) electrons. The lowest BCUT2D eigenvalue weighted by atomic mass is 9.98. The molecule has 11 nitrogen and oxygen atoms in total. The van der Waals surface area contributed by atoms with Crippen molar-refractivity contribution in [3.63, 3.8) is 0 Å². The molecular weight excluding hydrogens is 514 g/mol. The molecule has 3 heterocycles. The van der Waals surface area contributed by atoms with Gasteiger partial charge in [-0.3, -0.25) is 19.4 Å². The highest BCUT2D eigenvalue weighted by atomic mass is 32.2. The van der Waals surface area contributed by atoms with Crippen LogP contribution in [-0.2, 0) is 30.3 Å². The Morgan fingerprint density at radius 2 is 1.87 bits per heavy atom. The first-order valence-electron chi connectivity index (χ1n) is 12.8. The van der Waals surface area contributed by atoms with Gasteiger partial charge >= 0.3 is 11.9 Å². The predicted molar refractivity (Wildman–Crippen MR) is 138 cm³/mol. The van der Waals surface area contributed by atoms with E-state index in [1.807, 2.05) is 12.1 Å². The second-order valence-electron chi connectivity index (χ2n) is 10.7. The average Bonchev–Trinajstić information content (AvgIpc) is 3.27. The summed E-state index contributed by atoms with van der Waals surface area (Å²) < 4.78 is 16.2. The van der Waals surface area contributed by atoms with Gasteiger partial charge in [0.1, 0.15) is 18.0 Å². The van der Waals surface area contributed by atoms with E-state index in [0.29, 0.717) is 56.7 Å². The molecule has 2 amide bonds. The van der Waals surface area contributed by atoms with Crippen LogP contribution in [0.4, 0.5) is 0 Å². The third kappa shape index (κ3) is 6.52. The van der Waals surface area contributed by atoms with E-state index in [-0.39, 0.29) is 24.6 Å². The van der Waals surface area contributed by atoms with Gasteiger partial charge in [0.25, 0.3) is 5.91 Å². The van der Waals surface area contributed by atoms with Crippen LogP contribution in [0.3, 0.4) is 0 Å². The standard InChI is InChI=1S/C26H35N3O8S/c1-26(2,3)25(34)37-15-38-21(13-16-8-9-19-20(12-16)36-14-35-19)22(30)27-17-6-4-10-28-11-5-7-18(24(32)33)29(28)23(17)31/h8-9,12,17-18,21H,4-7,10-11,13-15H2,1-3H3,(H,27,30)(H,32,33)/t17?,18-,21-/m0/s1. The van der Waals surface area contributed by atoms with Gasteiger partial charge < -0.3 is 24.6 Å². The van der Waals surface area contributed by atoms with E-state index in [1.165, 1.54) is 16.8 Å². The van der Waals surface area contributed by atoms with Crippen molar-refractivity contribution in [2.24, 2.45) is 5.41 Å². The summed E-state index contributed by atoms with van der Waals surface area (Å²) in [6.07, 6.45) is 2.42. The fraction of sp³-hybridized carbons (Fsp3) is 0.615. The van der Waals surface area contributed by atoms with Crippen molar-refractivity contribution < 1.29 is 38.5 Å². The molecule has 12 heteroatoms. The molecule has 38 heavy (non-hydrogen) atoms. The van der Waals surface area contributed by atoms with E-state index in [2.05, 4.69) is 5.32 Å². The maximum Gasteiger partial charge on any atom is 0.328 e. The Hall–Kier alpha value is -2.99. The Labute approximate surface area is 226 Å². The Balaban J connectivity index is 1.48. The molecule has 1 unspecified atom stereocenters. The predicted octanol–water partition coefficient (Wildman–Crippen LogP) is 2.18. The number of carbonyl (C=O) groups is 4. The molecule has 3 atom stereocenters. The van der Waals surface area contributed by atoms with Crippen molar-refractivity contribution in [1.29, 1.82) is 0 Å². The molecule has 208 valence electrons. The lowest BCUT2D eigenvalue weighted by Crippen LogP contribution is -2.61. The molecule has 2 fully saturated rings. The first-order chi connectivity index (χ1) is 18.0. The lowest BCUT2D eigenvalue weighted by Gasteiger charge is -2.42. The number of amides is 2. The number of carbonyl (C=O) groups excluding carboxylic acids is 3. The zero-order valence-electron chi connectivity index (χ0n) is 21.9. The van der Waals surface area contributed by atoms with Crippen molar-refractivity contribution in [1.82, 2.24) is 15.3 Å². The summed E-state index contributed by atoms with van der Waals surface area (Å²) in [5.41, 5.74) is 0.146. The van der Waals surface area contributed by atoms with Gasteiger partial charge in [-0.1, -0.05) is 6.07 Å². The van der Waals surface area contributed by atoms with Gasteiger partial charge in [0, 0.05) is 13.1 Å². The van der Waals surface area contributed by atoms with Crippen LogP contribution in [0, 0.1) is 5.41 Å². The molecule has 1 aromatic carbocycles. The van der Waals surface area contributed by atoms with Crippen LogP contribution in [0.5, 0.6) is 11.5 Å². The molecule has 0 aromatic heterocycles. The van der Waals surface area contributed by atoms with Crippen LogP contribution < -0.4 is 14.8 Å². The molecule has 0 spiro atoms. The summed E-state index contributed by atoms with van der Waals surface area (Å²) in [7, 11) is 0.